The van der Waals surface area contributed by atoms with Crippen molar-refractivity contribution < 1.29 is 14.3 Å². The Labute approximate surface area is 111 Å². The van der Waals surface area contributed by atoms with Gasteiger partial charge >= 0.3 is 5.97 Å². The lowest BCUT2D eigenvalue weighted by Crippen LogP contribution is -2.37. The highest BCUT2D eigenvalue weighted by Gasteiger charge is 2.15. The molecule has 1 amide bonds. The summed E-state index contributed by atoms with van der Waals surface area (Å²) < 4.78 is 4.65. The molecule has 2 N–H and O–H groups in total. The van der Waals surface area contributed by atoms with Gasteiger partial charge in [-0.25, -0.2) is 4.79 Å². The number of hydrogen-bond acceptors (Lipinski definition) is 5. The zero-order valence-electron chi connectivity index (χ0n) is 10.8. The van der Waals surface area contributed by atoms with Crippen LogP contribution in [-0.4, -0.2) is 36.5 Å². The van der Waals surface area contributed by atoms with E-state index in [1.165, 1.54) is 18.4 Å². The van der Waals surface area contributed by atoms with Gasteiger partial charge in [-0.1, -0.05) is 0 Å². The normalized spacial score (nSPS) is 10.9. The molecule has 18 heavy (non-hydrogen) atoms. The van der Waals surface area contributed by atoms with Crippen LogP contribution in [0.1, 0.15) is 29.1 Å². The topological polar surface area (TPSA) is 72.6 Å². The van der Waals surface area contributed by atoms with Gasteiger partial charge in [0.2, 0.25) is 5.91 Å². The largest absolute Gasteiger partial charge is 0.465 e. The Balaban J connectivity index is 2.72. The number of nitrogens with two attached hydrogens (primary N) is 1. The number of thiophene rings is 1. The van der Waals surface area contributed by atoms with Gasteiger partial charge in [-0.05, 0) is 30.9 Å². The molecule has 0 spiro atoms. The van der Waals surface area contributed by atoms with Crippen LogP contribution in [0.5, 0.6) is 0 Å². The summed E-state index contributed by atoms with van der Waals surface area (Å²) in [4.78, 5) is 24.8. The van der Waals surface area contributed by atoms with Crippen molar-refractivity contribution in [1.29, 1.82) is 0 Å². The first kappa shape index (κ1) is 14.7. The van der Waals surface area contributed by atoms with Crippen LogP contribution in [0.3, 0.4) is 0 Å². The quantitative estimate of drug-likeness (QED) is 0.789. The number of carbonyl (C=O) groups is 2. The number of hydrogen-bond donors (Lipinski definition) is 1. The second kappa shape index (κ2) is 6.51. The number of ether oxygens (including phenoxy) is 1. The van der Waals surface area contributed by atoms with Crippen LogP contribution in [0.25, 0.3) is 0 Å². The number of primary amides is 1. The fourth-order valence-electron chi connectivity index (χ4n) is 1.52. The van der Waals surface area contributed by atoms with E-state index in [1.54, 1.807) is 6.07 Å². The van der Waals surface area contributed by atoms with E-state index in [4.69, 9.17) is 5.73 Å². The summed E-state index contributed by atoms with van der Waals surface area (Å²) in [7, 11) is 1.36. The average Bonchev–Trinajstić information content (AvgIpc) is 2.75. The van der Waals surface area contributed by atoms with Gasteiger partial charge in [0, 0.05) is 12.6 Å². The molecule has 0 aliphatic rings. The van der Waals surface area contributed by atoms with Gasteiger partial charge in [-0.3, -0.25) is 9.69 Å². The third-order valence-corrected chi connectivity index (χ3v) is 3.47. The van der Waals surface area contributed by atoms with Crippen LogP contribution in [-0.2, 0) is 16.1 Å². The molecule has 100 valence electrons. The summed E-state index contributed by atoms with van der Waals surface area (Å²) in [6.07, 6.45) is 0. The van der Waals surface area contributed by atoms with Crippen molar-refractivity contribution in [2.24, 2.45) is 5.73 Å². The first-order valence-electron chi connectivity index (χ1n) is 5.62. The van der Waals surface area contributed by atoms with Crippen molar-refractivity contribution >= 4 is 23.2 Å². The molecule has 6 heteroatoms. The zero-order valence-corrected chi connectivity index (χ0v) is 11.6. The summed E-state index contributed by atoms with van der Waals surface area (Å²) in [5.41, 5.74) is 6.19. The van der Waals surface area contributed by atoms with Crippen molar-refractivity contribution in [3.8, 4) is 0 Å². The van der Waals surface area contributed by atoms with E-state index in [-0.39, 0.29) is 24.5 Å². The number of methoxy groups -OCH3 is 1. The number of nitrogens with zero attached hydrogens (tertiary/aromatic N) is 1. The fraction of sp³-hybridized carbons (Fsp3) is 0.500. The number of carbonyl (C=O) groups excluding carboxylic acids is 2. The molecule has 0 aromatic carbocycles. The lowest BCUT2D eigenvalue weighted by atomic mass is 10.2. The smallest absolute Gasteiger partial charge is 0.348 e. The monoisotopic (exact) mass is 270 g/mol. The molecular weight excluding hydrogens is 252 g/mol. The van der Waals surface area contributed by atoms with Crippen molar-refractivity contribution in [3.05, 3.63) is 21.9 Å². The maximum atomic E-state index is 11.3. The van der Waals surface area contributed by atoms with Gasteiger partial charge in [0.1, 0.15) is 4.88 Å². The van der Waals surface area contributed by atoms with Crippen LogP contribution in [0.4, 0.5) is 0 Å². The third-order valence-electron chi connectivity index (χ3n) is 2.52. The van der Waals surface area contributed by atoms with Crippen molar-refractivity contribution in [2.45, 2.75) is 26.4 Å². The second-order valence-corrected chi connectivity index (χ2v) is 5.19. The molecule has 0 saturated heterocycles. The molecule has 0 saturated carbocycles. The number of amides is 1. The van der Waals surface area contributed by atoms with E-state index in [0.717, 1.165) is 5.56 Å². The summed E-state index contributed by atoms with van der Waals surface area (Å²) in [6.45, 7) is 4.79. The highest BCUT2D eigenvalue weighted by Crippen LogP contribution is 2.18. The SMILES string of the molecule is COC(=O)c1cc(CN(CC(N)=O)C(C)C)cs1. The molecule has 0 aliphatic heterocycles. The second-order valence-electron chi connectivity index (χ2n) is 4.28. The maximum Gasteiger partial charge on any atom is 0.348 e. The van der Waals surface area contributed by atoms with Crippen LogP contribution in [0.2, 0.25) is 0 Å². The van der Waals surface area contributed by atoms with E-state index < -0.39 is 0 Å². The minimum absolute atomic E-state index is 0.207. The summed E-state index contributed by atoms with van der Waals surface area (Å²) in [6, 6.07) is 1.99. The van der Waals surface area contributed by atoms with E-state index in [2.05, 4.69) is 4.74 Å². The molecular formula is C12H18N2O3S. The van der Waals surface area contributed by atoms with E-state index in [9.17, 15) is 9.59 Å². The molecule has 0 unspecified atom stereocenters. The van der Waals surface area contributed by atoms with Crippen LogP contribution in [0, 0.1) is 0 Å². The van der Waals surface area contributed by atoms with Gasteiger partial charge in [0.15, 0.2) is 0 Å². The summed E-state index contributed by atoms with van der Waals surface area (Å²) >= 11 is 1.34. The number of rotatable bonds is 6. The Morgan fingerprint density at radius 2 is 2.17 bits per heavy atom. The van der Waals surface area contributed by atoms with Gasteiger partial charge in [-0.15, -0.1) is 11.3 Å². The molecule has 1 aromatic heterocycles. The fourth-order valence-corrected chi connectivity index (χ4v) is 2.34. The minimum atomic E-state index is -0.355. The van der Waals surface area contributed by atoms with Gasteiger partial charge in [0.05, 0.1) is 13.7 Å². The molecule has 0 bridgehead atoms. The van der Waals surface area contributed by atoms with Gasteiger partial charge < -0.3 is 10.5 Å². The van der Waals surface area contributed by atoms with Crippen LogP contribution in [0.15, 0.2) is 11.4 Å². The first-order valence-corrected chi connectivity index (χ1v) is 6.50. The van der Waals surface area contributed by atoms with E-state index in [1.807, 2.05) is 24.1 Å². The molecule has 0 radical (unpaired) electrons. The minimum Gasteiger partial charge on any atom is -0.465 e. The van der Waals surface area contributed by atoms with Crippen LogP contribution < -0.4 is 5.73 Å². The maximum absolute atomic E-state index is 11.3. The Kier molecular flexibility index (Phi) is 5.30. The molecule has 1 aromatic rings. The zero-order chi connectivity index (χ0) is 13.7. The lowest BCUT2D eigenvalue weighted by molar-refractivity contribution is -0.119. The summed E-state index contributed by atoms with van der Waals surface area (Å²) in [5.74, 6) is -0.690. The Morgan fingerprint density at radius 3 is 2.67 bits per heavy atom. The van der Waals surface area contributed by atoms with Crippen molar-refractivity contribution in [3.63, 3.8) is 0 Å². The van der Waals surface area contributed by atoms with E-state index in [0.29, 0.717) is 11.4 Å². The Morgan fingerprint density at radius 1 is 1.50 bits per heavy atom. The van der Waals surface area contributed by atoms with Gasteiger partial charge in [-0.2, -0.15) is 0 Å². The summed E-state index contributed by atoms with van der Waals surface area (Å²) in [5, 5.41) is 1.89. The Bertz CT molecular complexity index is 429. The standard InChI is InChI=1S/C12H18N2O3S/c1-8(2)14(6-11(13)15)5-9-4-10(18-7-9)12(16)17-3/h4,7-8H,5-6H2,1-3H3,(H2,13,15). The third kappa shape index (κ3) is 4.12. The molecule has 0 aliphatic carbocycles. The molecule has 5 nitrogen and oxygen atoms in total. The molecule has 0 fully saturated rings. The molecule has 0 atom stereocenters. The van der Waals surface area contributed by atoms with Crippen molar-refractivity contribution in [2.75, 3.05) is 13.7 Å². The van der Waals surface area contributed by atoms with Crippen molar-refractivity contribution in [1.82, 2.24) is 4.90 Å². The Hall–Kier alpha value is -1.40. The number of esters is 1. The predicted octanol–water partition coefficient (Wildman–Crippen LogP) is 1.23. The highest BCUT2D eigenvalue weighted by molar-refractivity contribution is 7.12. The van der Waals surface area contributed by atoms with Gasteiger partial charge in [0.25, 0.3) is 0 Å². The van der Waals surface area contributed by atoms with E-state index >= 15 is 0 Å². The molecule has 1 heterocycles. The lowest BCUT2D eigenvalue weighted by Gasteiger charge is -2.24. The van der Waals surface area contributed by atoms with Crippen LogP contribution >= 0.6 is 11.3 Å². The highest BCUT2D eigenvalue weighted by atomic mass is 32.1. The first-order chi connectivity index (χ1) is 8.43. The predicted molar refractivity (Wildman–Crippen MR) is 70.4 cm³/mol. The molecule has 1 rings (SSSR count). The average molecular weight is 270 g/mol.